The maximum atomic E-state index is 5.57. The summed E-state index contributed by atoms with van der Waals surface area (Å²) in [6, 6.07) is 12.8. The van der Waals surface area contributed by atoms with E-state index in [1.54, 1.807) is 7.11 Å². The Balaban J connectivity index is 1.42. The molecule has 4 rings (SSSR count). The van der Waals surface area contributed by atoms with E-state index in [0.29, 0.717) is 0 Å². The van der Waals surface area contributed by atoms with Crippen molar-refractivity contribution in [1.82, 2.24) is 19.7 Å². The molecule has 1 aliphatic heterocycles. The molecule has 0 N–H and O–H groups in total. The zero-order chi connectivity index (χ0) is 20.1. The number of aryl methyl sites for hydroxylation is 1. The highest BCUT2D eigenvalue weighted by Gasteiger charge is 2.16. The Morgan fingerprint density at radius 2 is 1.93 bits per heavy atom. The Labute approximate surface area is 172 Å². The minimum Gasteiger partial charge on any atom is -0.496 e. The Morgan fingerprint density at radius 3 is 2.72 bits per heavy atom. The van der Waals surface area contributed by atoms with Crippen molar-refractivity contribution in [1.29, 1.82) is 0 Å². The van der Waals surface area contributed by atoms with Crippen molar-refractivity contribution in [3.63, 3.8) is 0 Å². The van der Waals surface area contributed by atoms with Gasteiger partial charge < -0.3 is 9.64 Å². The highest BCUT2D eigenvalue weighted by molar-refractivity contribution is 5.46. The fourth-order valence-corrected chi connectivity index (χ4v) is 4.00. The highest BCUT2D eigenvalue weighted by atomic mass is 16.5. The molecular formula is C23H29N5O. The summed E-state index contributed by atoms with van der Waals surface area (Å²) in [5.41, 5.74) is 4.84. The van der Waals surface area contributed by atoms with E-state index in [0.717, 1.165) is 62.7 Å². The molecule has 3 heterocycles. The van der Waals surface area contributed by atoms with E-state index in [4.69, 9.17) is 4.74 Å². The molecule has 0 aliphatic carbocycles. The van der Waals surface area contributed by atoms with Crippen LogP contribution in [0.15, 0.2) is 55.0 Å². The van der Waals surface area contributed by atoms with Crippen molar-refractivity contribution in [3.05, 3.63) is 71.8 Å². The second kappa shape index (κ2) is 9.09. The molecule has 0 amide bonds. The largest absolute Gasteiger partial charge is 0.496 e. The van der Waals surface area contributed by atoms with Gasteiger partial charge in [-0.05, 0) is 49.2 Å². The van der Waals surface area contributed by atoms with Crippen LogP contribution < -0.4 is 9.64 Å². The van der Waals surface area contributed by atoms with Crippen molar-refractivity contribution in [2.75, 3.05) is 38.2 Å². The first kappa shape index (κ1) is 19.5. The first-order valence-electron chi connectivity index (χ1n) is 10.2. The van der Waals surface area contributed by atoms with Crippen LogP contribution in [0.3, 0.4) is 0 Å². The SMILES string of the molecule is COc1ccc(CN2CCCN(c3ccnc(C)c3)CC2)cc1Cn1cccn1. The number of benzene rings is 1. The molecule has 0 saturated carbocycles. The summed E-state index contributed by atoms with van der Waals surface area (Å²) < 4.78 is 7.50. The van der Waals surface area contributed by atoms with Gasteiger partial charge in [-0.15, -0.1) is 0 Å². The molecule has 2 aromatic heterocycles. The van der Waals surface area contributed by atoms with Gasteiger partial charge in [-0.3, -0.25) is 14.6 Å². The van der Waals surface area contributed by atoms with Gasteiger partial charge in [0.25, 0.3) is 0 Å². The molecule has 0 atom stereocenters. The topological polar surface area (TPSA) is 46.4 Å². The van der Waals surface area contributed by atoms with Gasteiger partial charge in [-0.2, -0.15) is 5.10 Å². The smallest absolute Gasteiger partial charge is 0.123 e. The van der Waals surface area contributed by atoms with E-state index in [2.05, 4.69) is 57.1 Å². The predicted octanol–water partition coefficient (Wildman–Crippen LogP) is 3.36. The number of anilines is 1. The number of methoxy groups -OCH3 is 1. The van der Waals surface area contributed by atoms with Crippen LogP contribution in [0.4, 0.5) is 5.69 Å². The molecule has 29 heavy (non-hydrogen) atoms. The molecule has 152 valence electrons. The Hall–Kier alpha value is -2.86. The zero-order valence-electron chi connectivity index (χ0n) is 17.3. The average molecular weight is 392 g/mol. The summed E-state index contributed by atoms with van der Waals surface area (Å²) in [6.45, 7) is 8.03. The molecule has 6 nitrogen and oxygen atoms in total. The quantitative estimate of drug-likeness (QED) is 0.645. The molecule has 0 unspecified atom stereocenters. The molecule has 0 radical (unpaired) electrons. The lowest BCUT2D eigenvalue weighted by molar-refractivity contribution is 0.285. The lowest BCUT2D eigenvalue weighted by atomic mass is 10.1. The minimum atomic E-state index is 0.721. The van der Waals surface area contributed by atoms with Crippen molar-refractivity contribution in [2.24, 2.45) is 0 Å². The van der Waals surface area contributed by atoms with Crippen LogP contribution in [0.2, 0.25) is 0 Å². The number of ether oxygens (including phenoxy) is 1. The summed E-state index contributed by atoms with van der Waals surface area (Å²) in [7, 11) is 1.73. The van der Waals surface area contributed by atoms with Crippen LogP contribution >= 0.6 is 0 Å². The second-order valence-corrected chi connectivity index (χ2v) is 7.62. The molecule has 6 heteroatoms. The van der Waals surface area contributed by atoms with Gasteiger partial charge >= 0.3 is 0 Å². The van der Waals surface area contributed by atoms with Crippen LogP contribution in [0.5, 0.6) is 5.75 Å². The van der Waals surface area contributed by atoms with E-state index in [1.165, 1.54) is 11.3 Å². The van der Waals surface area contributed by atoms with Crippen molar-refractivity contribution < 1.29 is 4.74 Å². The van der Waals surface area contributed by atoms with Gasteiger partial charge in [0.2, 0.25) is 0 Å². The summed E-state index contributed by atoms with van der Waals surface area (Å²) in [5, 5.41) is 4.33. The van der Waals surface area contributed by atoms with E-state index < -0.39 is 0 Å². The lowest BCUT2D eigenvalue weighted by Crippen LogP contribution is -2.30. The molecular weight excluding hydrogens is 362 g/mol. The van der Waals surface area contributed by atoms with Gasteiger partial charge in [0, 0.05) is 68.3 Å². The standard InChI is InChI=1S/C23H29N5O/c1-19-15-22(7-9-24-19)27-11-4-10-26(13-14-27)17-20-5-6-23(29-2)21(16-20)18-28-12-3-8-25-28/h3,5-9,12,15-16H,4,10-11,13-14,17-18H2,1-2H3. The monoisotopic (exact) mass is 391 g/mol. The van der Waals surface area contributed by atoms with Gasteiger partial charge in [0.1, 0.15) is 5.75 Å². The van der Waals surface area contributed by atoms with Crippen LogP contribution in [0, 0.1) is 6.92 Å². The van der Waals surface area contributed by atoms with Crippen LogP contribution in [-0.2, 0) is 13.1 Å². The van der Waals surface area contributed by atoms with Crippen molar-refractivity contribution >= 4 is 5.69 Å². The van der Waals surface area contributed by atoms with Crippen LogP contribution in [-0.4, -0.2) is 53.0 Å². The molecule has 0 bridgehead atoms. The highest BCUT2D eigenvalue weighted by Crippen LogP contribution is 2.23. The predicted molar refractivity (Wildman–Crippen MR) is 115 cm³/mol. The number of nitrogens with zero attached hydrogens (tertiary/aromatic N) is 5. The van der Waals surface area contributed by atoms with E-state index >= 15 is 0 Å². The van der Waals surface area contributed by atoms with Crippen molar-refractivity contribution in [2.45, 2.75) is 26.4 Å². The normalized spacial score (nSPS) is 15.3. The van der Waals surface area contributed by atoms with Gasteiger partial charge in [-0.25, -0.2) is 0 Å². The molecule has 1 aliphatic rings. The first-order chi connectivity index (χ1) is 14.2. The average Bonchev–Trinajstić information content (AvgIpc) is 3.12. The second-order valence-electron chi connectivity index (χ2n) is 7.62. The summed E-state index contributed by atoms with van der Waals surface area (Å²) in [4.78, 5) is 9.35. The van der Waals surface area contributed by atoms with Gasteiger partial charge in [0.15, 0.2) is 0 Å². The van der Waals surface area contributed by atoms with E-state index in [9.17, 15) is 0 Å². The summed E-state index contributed by atoms with van der Waals surface area (Å²) >= 11 is 0. The van der Waals surface area contributed by atoms with E-state index in [-0.39, 0.29) is 0 Å². The summed E-state index contributed by atoms with van der Waals surface area (Å²) in [6.07, 6.45) is 6.86. The maximum absolute atomic E-state index is 5.57. The fraction of sp³-hybridized carbons (Fsp3) is 0.391. The van der Waals surface area contributed by atoms with Gasteiger partial charge in [-0.1, -0.05) is 6.07 Å². The number of hydrogen-bond donors (Lipinski definition) is 0. The Kier molecular flexibility index (Phi) is 6.10. The number of rotatable bonds is 6. The molecule has 3 aromatic rings. The Morgan fingerprint density at radius 1 is 1.00 bits per heavy atom. The minimum absolute atomic E-state index is 0.721. The molecule has 1 saturated heterocycles. The number of hydrogen-bond acceptors (Lipinski definition) is 5. The molecule has 0 spiro atoms. The fourth-order valence-electron chi connectivity index (χ4n) is 4.00. The number of aromatic nitrogens is 3. The summed E-state index contributed by atoms with van der Waals surface area (Å²) in [5.74, 6) is 0.916. The molecule has 1 aromatic carbocycles. The van der Waals surface area contributed by atoms with Crippen LogP contribution in [0.25, 0.3) is 0 Å². The third kappa shape index (κ3) is 4.95. The third-order valence-corrected chi connectivity index (χ3v) is 5.48. The number of pyridine rings is 1. The Bertz CT molecular complexity index is 925. The molecule has 1 fully saturated rings. The van der Waals surface area contributed by atoms with Crippen LogP contribution in [0.1, 0.15) is 23.2 Å². The van der Waals surface area contributed by atoms with E-state index in [1.807, 2.05) is 29.3 Å². The van der Waals surface area contributed by atoms with Gasteiger partial charge in [0.05, 0.1) is 13.7 Å². The maximum Gasteiger partial charge on any atom is 0.123 e. The van der Waals surface area contributed by atoms with Crippen molar-refractivity contribution in [3.8, 4) is 5.75 Å². The zero-order valence-corrected chi connectivity index (χ0v) is 17.3. The lowest BCUT2D eigenvalue weighted by Gasteiger charge is -2.24. The first-order valence-corrected chi connectivity index (χ1v) is 10.2. The third-order valence-electron chi connectivity index (χ3n) is 5.48.